The Morgan fingerprint density at radius 2 is 2.20 bits per heavy atom. The lowest BCUT2D eigenvalue weighted by Gasteiger charge is -2.50. The number of carbonyl (C=O) groups is 1. The van der Waals surface area contributed by atoms with E-state index in [1.54, 1.807) is 0 Å². The van der Waals surface area contributed by atoms with Gasteiger partial charge in [-0.15, -0.1) is 0 Å². The number of ether oxygens (including phenoxy) is 3. The van der Waals surface area contributed by atoms with Gasteiger partial charge in [0.25, 0.3) is 0 Å². The second kappa shape index (κ2) is 8.68. The summed E-state index contributed by atoms with van der Waals surface area (Å²) in [5.74, 6) is 0.971. The molecule has 2 saturated heterocycles. The molecule has 138 valence electrons. The van der Waals surface area contributed by atoms with E-state index in [2.05, 4.69) is 0 Å². The Labute approximate surface area is 150 Å². The zero-order valence-corrected chi connectivity index (χ0v) is 15.1. The van der Waals surface area contributed by atoms with Crippen molar-refractivity contribution in [1.29, 1.82) is 0 Å². The van der Waals surface area contributed by atoms with Crippen LogP contribution in [-0.4, -0.2) is 56.4 Å². The predicted octanol–water partition coefficient (Wildman–Crippen LogP) is 2.89. The van der Waals surface area contributed by atoms with E-state index < -0.39 is 0 Å². The SMILES string of the molecule is CCOC[C@@]12CCCO[C@H]1CCN(C(=O)CCOc1ccccc1)C2. The predicted molar refractivity (Wildman–Crippen MR) is 95.7 cm³/mol. The first-order valence-corrected chi connectivity index (χ1v) is 9.38. The zero-order valence-electron chi connectivity index (χ0n) is 15.1. The van der Waals surface area contributed by atoms with Crippen LogP contribution in [0.3, 0.4) is 0 Å². The molecule has 0 N–H and O–H groups in total. The fourth-order valence-electron chi connectivity index (χ4n) is 3.95. The highest BCUT2D eigenvalue weighted by molar-refractivity contribution is 5.76. The Balaban J connectivity index is 1.54. The van der Waals surface area contributed by atoms with E-state index in [0.717, 1.165) is 44.7 Å². The van der Waals surface area contributed by atoms with Crippen LogP contribution in [0.4, 0.5) is 0 Å². The molecular formula is C20H29NO4. The highest BCUT2D eigenvalue weighted by atomic mass is 16.5. The summed E-state index contributed by atoms with van der Waals surface area (Å²) >= 11 is 0. The quantitative estimate of drug-likeness (QED) is 0.761. The largest absolute Gasteiger partial charge is 0.493 e. The highest BCUT2D eigenvalue weighted by Crippen LogP contribution is 2.40. The molecule has 1 aromatic rings. The first kappa shape index (κ1) is 18.2. The normalized spacial score (nSPS) is 26.1. The van der Waals surface area contributed by atoms with Crippen molar-refractivity contribution in [2.24, 2.45) is 5.41 Å². The summed E-state index contributed by atoms with van der Waals surface area (Å²) in [6.07, 6.45) is 3.64. The Morgan fingerprint density at radius 1 is 1.36 bits per heavy atom. The number of piperidine rings is 1. The van der Waals surface area contributed by atoms with Gasteiger partial charge in [0.2, 0.25) is 5.91 Å². The van der Waals surface area contributed by atoms with Gasteiger partial charge in [0, 0.05) is 31.7 Å². The number of likely N-dealkylation sites (tertiary alicyclic amines) is 1. The first-order valence-electron chi connectivity index (χ1n) is 9.38. The van der Waals surface area contributed by atoms with Crippen molar-refractivity contribution in [3.05, 3.63) is 30.3 Å². The third-order valence-corrected chi connectivity index (χ3v) is 5.26. The second-order valence-electron chi connectivity index (χ2n) is 6.98. The number of amides is 1. The smallest absolute Gasteiger partial charge is 0.226 e. The molecule has 3 rings (SSSR count). The van der Waals surface area contributed by atoms with Crippen molar-refractivity contribution in [3.63, 3.8) is 0 Å². The lowest BCUT2D eigenvalue weighted by atomic mass is 9.73. The standard InChI is InChI=1S/C20H29NO4/c1-2-23-16-20-11-6-13-25-18(20)9-12-21(15-20)19(22)10-14-24-17-7-4-3-5-8-17/h3-5,7-8,18H,2,6,9-16H2,1H3/t18-,20-/m0/s1. The summed E-state index contributed by atoms with van der Waals surface area (Å²) in [5.41, 5.74) is -0.0392. The summed E-state index contributed by atoms with van der Waals surface area (Å²) in [5, 5.41) is 0. The van der Waals surface area contributed by atoms with Crippen LogP contribution in [-0.2, 0) is 14.3 Å². The average Bonchev–Trinajstić information content (AvgIpc) is 2.66. The van der Waals surface area contributed by atoms with E-state index in [1.165, 1.54) is 0 Å². The molecule has 2 heterocycles. The molecule has 0 radical (unpaired) electrons. The molecule has 5 heteroatoms. The minimum atomic E-state index is -0.0392. The van der Waals surface area contributed by atoms with Crippen molar-refractivity contribution >= 4 is 5.91 Å². The lowest BCUT2D eigenvalue weighted by molar-refractivity contribution is -0.164. The van der Waals surface area contributed by atoms with E-state index in [-0.39, 0.29) is 17.4 Å². The highest BCUT2D eigenvalue weighted by Gasteiger charge is 2.47. The molecular weight excluding hydrogens is 318 g/mol. The Hall–Kier alpha value is -1.59. The average molecular weight is 347 g/mol. The summed E-state index contributed by atoms with van der Waals surface area (Å²) in [7, 11) is 0. The fourth-order valence-corrected chi connectivity index (χ4v) is 3.95. The molecule has 5 nitrogen and oxygen atoms in total. The number of rotatable bonds is 7. The van der Waals surface area contributed by atoms with Gasteiger partial charge in [-0.3, -0.25) is 4.79 Å². The molecule has 0 aromatic heterocycles. The summed E-state index contributed by atoms with van der Waals surface area (Å²) in [6, 6.07) is 9.63. The van der Waals surface area contributed by atoms with Crippen LogP contribution in [0.1, 0.15) is 32.6 Å². The van der Waals surface area contributed by atoms with Gasteiger partial charge >= 0.3 is 0 Å². The molecule has 2 aliphatic heterocycles. The van der Waals surface area contributed by atoms with Gasteiger partial charge in [-0.2, -0.15) is 0 Å². The van der Waals surface area contributed by atoms with Crippen LogP contribution in [0.2, 0.25) is 0 Å². The Morgan fingerprint density at radius 3 is 3.00 bits per heavy atom. The molecule has 1 amide bonds. The van der Waals surface area contributed by atoms with Crippen molar-refractivity contribution in [2.75, 3.05) is 39.5 Å². The molecule has 25 heavy (non-hydrogen) atoms. The fraction of sp³-hybridized carbons (Fsp3) is 0.650. The third kappa shape index (κ3) is 4.53. The molecule has 0 saturated carbocycles. The summed E-state index contributed by atoms with van der Waals surface area (Å²) < 4.78 is 17.4. The molecule has 1 aromatic carbocycles. The van der Waals surface area contributed by atoms with E-state index in [4.69, 9.17) is 14.2 Å². The lowest BCUT2D eigenvalue weighted by Crippen LogP contribution is -2.58. The van der Waals surface area contributed by atoms with Gasteiger partial charge in [-0.05, 0) is 38.3 Å². The number of para-hydroxylation sites is 1. The third-order valence-electron chi connectivity index (χ3n) is 5.26. The van der Waals surface area contributed by atoms with Crippen LogP contribution in [0.5, 0.6) is 5.75 Å². The summed E-state index contributed by atoms with van der Waals surface area (Å²) in [6.45, 7) is 6.15. The van der Waals surface area contributed by atoms with Crippen molar-refractivity contribution in [1.82, 2.24) is 4.90 Å². The van der Waals surface area contributed by atoms with Gasteiger partial charge < -0.3 is 19.1 Å². The molecule has 0 bridgehead atoms. The van der Waals surface area contributed by atoms with E-state index in [9.17, 15) is 4.79 Å². The zero-order chi connectivity index (χ0) is 17.5. The number of hydrogen-bond donors (Lipinski definition) is 0. The number of benzene rings is 1. The number of carbonyl (C=O) groups excluding carboxylic acids is 1. The van der Waals surface area contributed by atoms with Crippen LogP contribution in [0.15, 0.2) is 30.3 Å². The first-order chi connectivity index (χ1) is 12.2. The molecule has 2 fully saturated rings. The van der Waals surface area contributed by atoms with Gasteiger partial charge in [-0.25, -0.2) is 0 Å². The van der Waals surface area contributed by atoms with E-state index >= 15 is 0 Å². The number of hydrogen-bond acceptors (Lipinski definition) is 4. The molecule has 0 aliphatic carbocycles. The Bertz CT molecular complexity index is 550. The van der Waals surface area contributed by atoms with Crippen molar-refractivity contribution < 1.29 is 19.0 Å². The maximum absolute atomic E-state index is 12.6. The summed E-state index contributed by atoms with van der Waals surface area (Å²) in [4.78, 5) is 14.6. The molecule has 0 spiro atoms. The van der Waals surface area contributed by atoms with Crippen LogP contribution < -0.4 is 4.74 Å². The van der Waals surface area contributed by atoms with Crippen molar-refractivity contribution in [3.8, 4) is 5.75 Å². The number of fused-ring (bicyclic) bond motifs is 1. The second-order valence-corrected chi connectivity index (χ2v) is 6.98. The van der Waals surface area contributed by atoms with Crippen LogP contribution >= 0.6 is 0 Å². The van der Waals surface area contributed by atoms with E-state index in [1.807, 2.05) is 42.2 Å². The monoisotopic (exact) mass is 347 g/mol. The Kier molecular flexibility index (Phi) is 6.32. The van der Waals surface area contributed by atoms with Gasteiger partial charge in [0.1, 0.15) is 5.75 Å². The minimum Gasteiger partial charge on any atom is -0.493 e. The van der Waals surface area contributed by atoms with Gasteiger partial charge in [0.15, 0.2) is 0 Å². The number of nitrogens with zero attached hydrogens (tertiary/aromatic N) is 1. The van der Waals surface area contributed by atoms with Crippen LogP contribution in [0.25, 0.3) is 0 Å². The van der Waals surface area contributed by atoms with Gasteiger partial charge in [0.05, 0.1) is 25.7 Å². The molecule has 2 aliphatic rings. The van der Waals surface area contributed by atoms with E-state index in [0.29, 0.717) is 26.2 Å². The van der Waals surface area contributed by atoms with Crippen molar-refractivity contribution in [2.45, 2.75) is 38.7 Å². The maximum Gasteiger partial charge on any atom is 0.226 e. The topological polar surface area (TPSA) is 48.0 Å². The molecule has 0 unspecified atom stereocenters. The molecule has 2 atom stereocenters. The maximum atomic E-state index is 12.6. The van der Waals surface area contributed by atoms with Gasteiger partial charge in [-0.1, -0.05) is 18.2 Å². The minimum absolute atomic E-state index is 0.0392. The van der Waals surface area contributed by atoms with Crippen LogP contribution in [0, 0.1) is 5.41 Å².